The molecule has 0 saturated carbocycles. The molecule has 0 aliphatic rings. The molecule has 0 fully saturated rings. The van der Waals surface area contributed by atoms with Crippen LogP contribution in [0.5, 0.6) is 0 Å². The van der Waals surface area contributed by atoms with E-state index in [4.69, 9.17) is 0 Å². The SMILES string of the molecule is CCC(CC)CNC(CC)(CC)C(=O)O. The minimum atomic E-state index is -0.724. The van der Waals surface area contributed by atoms with Gasteiger partial charge in [-0.3, -0.25) is 4.79 Å². The first-order chi connectivity index (χ1) is 7.06. The molecule has 0 radical (unpaired) electrons. The highest BCUT2D eigenvalue weighted by Gasteiger charge is 2.34. The molecule has 0 aromatic heterocycles. The summed E-state index contributed by atoms with van der Waals surface area (Å²) < 4.78 is 0. The molecule has 0 bridgehead atoms. The number of rotatable bonds is 8. The van der Waals surface area contributed by atoms with Crippen LogP contribution in [0.15, 0.2) is 0 Å². The van der Waals surface area contributed by atoms with E-state index in [2.05, 4.69) is 19.2 Å². The van der Waals surface area contributed by atoms with Crippen LogP contribution in [0.4, 0.5) is 0 Å². The van der Waals surface area contributed by atoms with Crippen LogP contribution in [0, 0.1) is 5.92 Å². The zero-order valence-electron chi connectivity index (χ0n) is 10.5. The molecule has 0 aromatic rings. The number of hydrogen-bond donors (Lipinski definition) is 2. The molecule has 0 spiro atoms. The van der Waals surface area contributed by atoms with Gasteiger partial charge in [-0.25, -0.2) is 0 Å². The van der Waals surface area contributed by atoms with Crippen molar-refractivity contribution >= 4 is 5.97 Å². The van der Waals surface area contributed by atoms with Crippen LogP contribution in [-0.4, -0.2) is 23.2 Å². The summed E-state index contributed by atoms with van der Waals surface area (Å²) in [6, 6.07) is 0. The van der Waals surface area contributed by atoms with Gasteiger partial charge in [0, 0.05) is 0 Å². The smallest absolute Gasteiger partial charge is 0.323 e. The van der Waals surface area contributed by atoms with Gasteiger partial charge in [-0.2, -0.15) is 0 Å². The zero-order valence-corrected chi connectivity index (χ0v) is 10.5. The van der Waals surface area contributed by atoms with Crippen LogP contribution in [0.3, 0.4) is 0 Å². The number of carboxylic acids is 1. The normalized spacial score (nSPS) is 12.1. The Morgan fingerprint density at radius 1 is 1.20 bits per heavy atom. The maximum Gasteiger partial charge on any atom is 0.323 e. The average Bonchev–Trinajstić information content (AvgIpc) is 2.25. The molecular formula is C12H25NO2. The Kier molecular flexibility index (Phi) is 6.57. The van der Waals surface area contributed by atoms with Gasteiger partial charge < -0.3 is 10.4 Å². The lowest BCUT2D eigenvalue weighted by molar-refractivity contribution is -0.145. The van der Waals surface area contributed by atoms with Gasteiger partial charge in [0.1, 0.15) is 5.54 Å². The third-order valence-corrected chi connectivity index (χ3v) is 3.50. The molecule has 0 saturated heterocycles. The quantitative estimate of drug-likeness (QED) is 0.654. The third-order valence-electron chi connectivity index (χ3n) is 3.50. The number of nitrogens with one attached hydrogen (secondary N) is 1. The lowest BCUT2D eigenvalue weighted by atomic mass is 9.91. The fourth-order valence-electron chi connectivity index (χ4n) is 1.80. The van der Waals surface area contributed by atoms with E-state index in [0.29, 0.717) is 18.8 Å². The molecule has 2 N–H and O–H groups in total. The summed E-state index contributed by atoms with van der Waals surface area (Å²) in [6.07, 6.45) is 3.48. The molecule has 0 heterocycles. The second kappa shape index (κ2) is 6.83. The standard InChI is InChI=1S/C12H25NO2/c1-5-10(6-2)9-13-12(7-3,8-4)11(14)15/h10,13H,5-9H2,1-4H3,(H,14,15). The summed E-state index contributed by atoms with van der Waals surface area (Å²) in [4.78, 5) is 11.2. The summed E-state index contributed by atoms with van der Waals surface area (Å²) in [6.45, 7) is 8.96. The molecule has 3 nitrogen and oxygen atoms in total. The van der Waals surface area contributed by atoms with Crippen LogP contribution < -0.4 is 5.32 Å². The Balaban J connectivity index is 4.35. The minimum absolute atomic E-state index is 0.585. The van der Waals surface area contributed by atoms with E-state index < -0.39 is 11.5 Å². The second-order valence-electron chi connectivity index (χ2n) is 4.16. The van der Waals surface area contributed by atoms with E-state index in [1.54, 1.807) is 0 Å². The van der Waals surface area contributed by atoms with Crippen molar-refractivity contribution in [2.24, 2.45) is 5.92 Å². The van der Waals surface area contributed by atoms with Gasteiger partial charge >= 0.3 is 5.97 Å². The molecule has 0 aliphatic carbocycles. The van der Waals surface area contributed by atoms with Crippen molar-refractivity contribution in [2.75, 3.05) is 6.54 Å². The highest BCUT2D eigenvalue weighted by Crippen LogP contribution is 2.17. The van der Waals surface area contributed by atoms with E-state index >= 15 is 0 Å². The van der Waals surface area contributed by atoms with Crippen molar-refractivity contribution in [2.45, 2.75) is 58.9 Å². The van der Waals surface area contributed by atoms with Crippen LogP contribution in [0.25, 0.3) is 0 Å². The van der Waals surface area contributed by atoms with Gasteiger partial charge in [0.15, 0.2) is 0 Å². The summed E-state index contributed by atoms with van der Waals surface area (Å²) in [7, 11) is 0. The molecular weight excluding hydrogens is 190 g/mol. The predicted molar refractivity (Wildman–Crippen MR) is 63.0 cm³/mol. The maximum absolute atomic E-state index is 11.2. The van der Waals surface area contributed by atoms with Gasteiger partial charge in [-0.15, -0.1) is 0 Å². The van der Waals surface area contributed by atoms with Crippen molar-refractivity contribution in [1.82, 2.24) is 5.32 Å². The molecule has 0 amide bonds. The summed E-state index contributed by atoms with van der Waals surface area (Å²) in [5.41, 5.74) is -0.720. The van der Waals surface area contributed by atoms with Gasteiger partial charge in [0.2, 0.25) is 0 Å². The van der Waals surface area contributed by atoms with Crippen LogP contribution in [0.1, 0.15) is 53.4 Å². The van der Waals surface area contributed by atoms with Crippen molar-refractivity contribution in [3.63, 3.8) is 0 Å². The molecule has 0 aromatic carbocycles. The second-order valence-corrected chi connectivity index (χ2v) is 4.16. The predicted octanol–water partition coefficient (Wildman–Crippen LogP) is 2.66. The Bertz CT molecular complexity index is 184. The van der Waals surface area contributed by atoms with E-state index in [1.165, 1.54) is 0 Å². The van der Waals surface area contributed by atoms with Crippen LogP contribution in [-0.2, 0) is 4.79 Å². The molecule has 3 heteroatoms. The molecule has 0 unspecified atom stereocenters. The van der Waals surface area contributed by atoms with E-state index in [0.717, 1.165) is 19.4 Å². The topological polar surface area (TPSA) is 49.3 Å². The first kappa shape index (κ1) is 14.4. The lowest BCUT2D eigenvalue weighted by Crippen LogP contribution is -2.52. The largest absolute Gasteiger partial charge is 0.480 e. The number of carbonyl (C=O) groups is 1. The fraction of sp³-hybridized carbons (Fsp3) is 0.917. The van der Waals surface area contributed by atoms with Gasteiger partial charge in [0.25, 0.3) is 0 Å². The van der Waals surface area contributed by atoms with Crippen molar-refractivity contribution in [3.05, 3.63) is 0 Å². The third kappa shape index (κ3) is 3.82. The summed E-state index contributed by atoms with van der Waals surface area (Å²) >= 11 is 0. The monoisotopic (exact) mass is 215 g/mol. The molecule has 0 rings (SSSR count). The maximum atomic E-state index is 11.2. The summed E-state index contributed by atoms with van der Waals surface area (Å²) in [5.74, 6) is -0.139. The van der Waals surface area contributed by atoms with Gasteiger partial charge in [-0.1, -0.05) is 40.5 Å². The fourth-order valence-corrected chi connectivity index (χ4v) is 1.80. The number of carboxylic acid groups (broad SMARTS) is 1. The number of hydrogen-bond acceptors (Lipinski definition) is 2. The van der Waals surface area contributed by atoms with E-state index in [-0.39, 0.29) is 0 Å². The Hall–Kier alpha value is -0.570. The molecule has 15 heavy (non-hydrogen) atoms. The number of aliphatic carboxylic acids is 1. The van der Waals surface area contributed by atoms with Crippen molar-refractivity contribution in [1.29, 1.82) is 0 Å². The molecule has 0 aliphatic heterocycles. The zero-order chi connectivity index (χ0) is 11.9. The molecule has 90 valence electrons. The average molecular weight is 215 g/mol. The summed E-state index contributed by atoms with van der Waals surface area (Å²) in [5, 5.41) is 12.5. The Morgan fingerprint density at radius 3 is 1.93 bits per heavy atom. The highest BCUT2D eigenvalue weighted by atomic mass is 16.4. The Morgan fingerprint density at radius 2 is 1.67 bits per heavy atom. The van der Waals surface area contributed by atoms with Gasteiger partial charge in [-0.05, 0) is 25.3 Å². The van der Waals surface area contributed by atoms with Crippen LogP contribution >= 0.6 is 0 Å². The van der Waals surface area contributed by atoms with E-state index in [9.17, 15) is 9.90 Å². The van der Waals surface area contributed by atoms with Gasteiger partial charge in [0.05, 0.1) is 0 Å². The van der Waals surface area contributed by atoms with Crippen LogP contribution in [0.2, 0.25) is 0 Å². The highest BCUT2D eigenvalue weighted by molar-refractivity contribution is 5.78. The minimum Gasteiger partial charge on any atom is -0.480 e. The van der Waals surface area contributed by atoms with Crippen molar-refractivity contribution < 1.29 is 9.90 Å². The molecule has 0 atom stereocenters. The Labute approximate surface area is 93.3 Å². The van der Waals surface area contributed by atoms with E-state index in [1.807, 2.05) is 13.8 Å². The first-order valence-corrected chi connectivity index (χ1v) is 6.04. The first-order valence-electron chi connectivity index (χ1n) is 6.04. The van der Waals surface area contributed by atoms with Crippen molar-refractivity contribution in [3.8, 4) is 0 Å². The lowest BCUT2D eigenvalue weighted by Gasteiger charge is -2.30.